The Bertz CT molecular complexity index is 1700. The molecule has 0 atom stereocenters. The molecule has 8 nitrogen and oxygen atoms in total. The highest BCUT2D eigenvalue weighted by Gasteiger charge is 2.24. The van der Waals surface area contributed by atoms with Crippen LogP contribution in [0.5, 0.6) is 5.75 Å². The van der Waals surface area contributed by atoms with E-state index in [-0.39, 0.29) is 5.09 Å². The standard InChI is InChI=1S/C18H27N5O3/c1-12(2)23-16-13(11-20-21-16)15(24)14(18(23)26)17(25)19-7-6-10-22-8-4-3-5-9-22/h11-12,24H,3-10H2,1-2H3,(H,19,25)(H,20,21)/i1D3,2D3,3D2,4D2,5D2,7D2,8D2,9D2,10D2,12D/hD3. The lowest BCUT2D eigenvalue weighted by Crippen LogP contribution is -2.36. The van der Waals surface area contributed by atoms with Gasteiger partial charge in [0.1, 0.15) is 17.0 Å². The van der Waals surface area contributed by atoms with E-state index in [0.717, 1.165) is 0 Å². The molecule has 1 aliphatic rings. The van der Waals surface area contributed by atoms with Crippen molar-refractivity contribution < 1.29 is 41.5 Å². The zero-order valence-corrected chi connectivity index (χ0v) is 12.7. The second-order valence-electron chi connectivity index (χ2n) is 4.62. The lowest BCUT2D eigenvalue weighted by atomic mass is 10.1. The van der Waals surface area contributed by atoms with Crippen LogP contribution in [0.3, 0.4) is 0 Å². The van der Waals surface area contributed by atoms with Crippen LogP contribution in [0.2, 0.25) is 2.82 Å². The summed E-state index contributed by atoms with van der Waals surface area (Å²) in [7, 11) is 0. The number of amides is 1. The topological polar surface area (TPSA) is 103 Å². The first-order chi connectivity index (χ1) is 21.9. The average Bonchev–Trinajstić information content (AvgIpc) is 3.28. The molecule has 0 saturated carbocycles. The van der Waals surface area contributed by atoms with Crippen molar-refractivity contribution in [2.24, 2.45) is 0 Å². The fourth-order valence-electron chi connectivity index (χ4n) is 2.00. The van der Waals surface area contributed by atoms with Crippen molar-refractivity contribution in [3.8, 4) is 5.75 Å². The summed E-state index contributed by atoms with van der Waals surface area (Å²) in [6.45, 7) is -24.0. The summed E-state index contributed by atoms with van der Waals surface area (Å²) in [4.78, 5) is 26.7. The number of hydrogen-bond donors (Lipinski definition) is 3. The number of hydrogen-bond acceptors (Lipinski definition) is 5. The minimum atomic E-state index is -4.12. The molecule has 3 rings (SSSR count). The Hall–Kier alpha value is -2.35. The van der Waals surface area contributed by atoms with Gasteiger partial charge in [-0.25, -0.2) is 0 Å². The minimum absolute atomic E-state index is 0.0548. The van der Waals surface area contributed by atoms with Crippen molar-refractivity contribution in [2.45, 2.75) is 45.3 Å². The molecule has 2 aromatic rings. The molecule has 3 heterocycles. The number of aromatic amines is 1. The molecule has 1 saturated heterocycles. The van der Waals surface area contributed by atoms with Gasteiger partial charge in [0.25, 0.3) is 12.9 Å². The van der Waals surface area contributed by atoms with Crippen LogP contribution in [0.4, 0.5) is 0 Å². The molecule has 0 aromatic carbocycles. The number of carbonyl (C=O) groups excluding carboxylic acids is 1. The molecule has 0 aliphatic carbocycles. The summed E-state index contributed by atoms with van der Waals surface area (Å²) in [5.74, 6) is -3.52. The monoisotopic (exact) mass is 385 g/mol. The molecule has 1 amide bonds. The minimum Gasteiger partial charge on any atom is -0.506 e. The van der Waals surface area contributed by atoms with E-state index in [1.807, 2.05) is 0 Å². The first-order valence-corrected chi connectivity index (χ1v) is 6.83. The SMILES string of the molecule is [2H]Oc1c(C(=O)N([2H])C([2H])([2H])CC([2H])([2H])N2C([2H])([2H])C([2H])([2H])C([2H])([2H])C([2H])([2H])C2([2H])[2H])c(=O)n(C([2H])(C([2H])([2H])[2H])C([2H])([2H])[2H])c2c1cnn2[2H]. The number of fused-ring (bicyclic) bond motifs is 1. The summed E-state index contributed by atoms with van der Waals surface area (Å²) in [5.41, 5.74) is -4.98. The summed E-state index contributed by atoms with van der Waals surface area (Å²) < 4.78 is 192. The third kappa shape index (κ3) is 3.60. The van der Waals surface area contributed by atoms with Crippen molar-refractivity contribution in [2.75, 3.05) is 26.0 Å². The number of rotatable bonds is 7. The smallest absolute Gasteiger partial charge is 0.293 e. The second kappa shape index (κ2) is 7.90. The first-order valence-electron chi connectivity index (χ1n) is 18.6. The third-order valence-corrected chi connectivity index (χ3v) is 3.08. The van der Waals surface area contributed by atoms with Gasteiger partial charge in [-0.3, -0.25) is 19.2 Å². The number of piperidine rings is 1. The Morgan fingerprint density at radius 3 is 3.19 bits per heavy atom. The molecule has 0 unspecified atom stereocenters. The number of H-pyrrole nitrogens is 1. The van der Waals surface area contributed by atoms with Crippen LogP contribution < -0.4 is 10.9 Å². The van der Waals surface area contributed by atoms with Crippen LogP contribution in [-0.4, -0.2) is 58.1 Å². The molecular weight excluding hydrogens is 334 g/mol. The van der Waals surface area contributed by atoms with Crippen LogP contribution in [0.15, 0.2) is 11.0 Å². The maximum atomic E-state index is 13.8. The summed E-state index contributed by atoms with van der Waals surface area (Å²) in [6.07, 6.45) is -13.6. The van der Waals surface area contributed by atoms with E-state index in [9.17, 15) is 9.59 Å². The molecule has 1 fully saturated rings. The number of likely N-dealkylation sites (tertiary alicyclic amines) is 1. The van der Waals surface area contributed by atoms with Crippen molar-refractivity contribution in [3.05, 3.63) is 22.1 Å². The Labute approximate surface area is 186 Å². The Balaban J connectivity index is 2.30. The molecule has 0 radical (unpaired) electrons. The van der Waals surface area contributed by atoms with Crippen LogP contribution in [-0.2, 0) is 0 Å². The molecule has 1 aliphatic heterocycles. The lowest BCUT2D eigenvalue weighted by Gasteiger charge is -2.26. The predicted molar refractivity (Wildman–Crippen MR) is 99.6 cm³/mol. The van der Waals surface area contributed by atoms with Crippen molar-refractivity contribution >= 4 is 16.9 Å². The van der Waals surface area contributed by atoms with Crippen LogP contribution in [0.25, 0.3) is 11.0 Å². The predicted octanol–water partition coefficient (Wildman–Crippen LogP) is 1.62. The second-order valence-corrected chi connectivity index (χ2v) is 4.62. The zero-order valence-electron chi connectivity index (χ0n) is 36.7. The molecular formula is C18H27N5O3. The molecule has 26 heavy (non-hydrogen) atoms. The number of aromatic nitrogens is 3. The molecule has 0 spiro atoms. The molecule has 3 N–H and O–H groups in total. The molecule has 8 heteroatoms. The first kappa shape index (κ1) is 4.92. The van der Waals surface area contributed by atoms with Gasteiger partial charge >= 0.3 is 0 Å². The average molecular weight is 386 g/mol. The van der Waals surface area contributed by atoms with E-state index in [4.69, 9.17) is 33.0 Å². The van der Waals surface area contributed by atoms with E-state index >= 15 is 0 Å². The van der Waals surface area contributed by atoms with Gasteiger partial charge in [0.15, 0.2) is 2.82 Å². The van der Waals surface area contributed by atoms with E-state index < -0.39 is 120 Å². The number of carbonyl (C=O) groups is 1. The number of pyridine rings is 1. The van der Waals surface area contributed by atoms with E-state index in [0.29, 0.717) is 6.20 Å². The van der Waals surface area contributed by atoms with Gasteiger partial charge in [-0.15, -0.1) is 0 Å². The van der Waals surface area contributed by atoms with E-state index in [2.05, 4.69) is 10.2 Å². The van der Waals surface area contributed by atoms with Gasteiger partial charge in [-0.1, -0.05) is 6.37 Å². The van der Waals surface area contributed by atoms with Crippen molar-refractivity contribution in [1.82, 2.24) is 25.0 Å². The largest absolute Gasteiger partial charge is 0.506 e. The van der Waals surface area contributed by atoms with Gasteiger partial charge in [-0.05, 0) is 52.4 Å². The molecule has 0 bridgehead atoms. The highest BCUT2D eigenvalue weighted by molar-refractivity contribution is 6.01. The van der Waals surface area contributed by atoms with E-state index in [1.54, 1.807) is 0 Å². The quantitative estimate of drug-likeness (QED) is 0.672. The maximum absolute atomic E-state index is 13.8. The van der Waals surface area contributed by atoms with Crippen LogP contribution in [0.1, 0.15) is 84.4 Å². The van der Waals surface area contributed by atoms with Gasteiger partial charge < -0.3 is 15.3 Å². The summed E-state index contributed by atoms with van der Waals surface area (Å²) >= 11 is 0. The fourth-order valence-corrected chi connectivity index (χ4v) is 2.00. The Morgan fingerprint density at radius 1 is 1.65 bits per heavy atom. The van der Waals surface area contributed by atoms with E-state index in [1.165, 1.54) is 0 Å². The van der Waals surface area contributed by atoms with Crippen molar-refractivity contribution in [3.63, 3.8) is 0 Å². The maximum Gasteiger partial charge on any atom is 0.293 e. The normalized spacial score (nSPS) is 41.2. The Kier molecular flexibility index (Phi) is 1.50. The highest BCUT2D eigenvalue weighted by atomic mass is 16.3. The van der Waals surface area contributed by atoms with Gasteiger partial charge in [0, 0.05) is 39.9 Å². The summed E-state index contributed by atoms with van der Waals surface area (Å²) in [5, 5.41) is 5.92. The number of nitrogens with one attached hydrogen (secondary N) is 2. The number of nitrogens with zero attached hydrogens (tertiary/aromatic N) is 3. The van der Waals surface area contributed by atoms with Gasteiger partial charge in [0.2, 0.25) is 0 Å². The third-order valence-electron chi connectivity index (χ3n) is 3.08. The molecule has 142 valence electrons. The van der Waals surface area contributed by atoms with Gasteiger partial charge in [-0.2, -0.15) is 5.10 Å². The van der Waals surface area contributed by atoms with Crippen molar-refractivity contribution in [1.29, 1.82) is 1.43 Å². The highest BCUT2D eigenvalue weighted by Crippen LogP contribution is 2.26. The lowest BCUT2D eigenvalue weighted by molar-refractivity contribution is 0.0946. The van der Waals surface area contributed by atoms with Gasteiger partial charge in [0.05, 0.1) is 13.0 Å². The number of aromatic hydroxyl groups is 1. The molecule has 2 aromatic heterocycles. The van der Waals surface area contributed by atoms with Crippen LogP contribution >= 0.6 is 0 Å². The Morgan fingerprint density at radius 2 is 2.46 bits per heavy atom. The fraction of sp³-hybridized carbons (Fsp3) is 0.611. The van der Waals surface area contributed by atoms with Crippen LogP contribution in [0, 0.1) is 0 Å². The summed E-state index contributed by atoms with van der Waals surface area (Å²) in [6, 6.07) is -4.04. The zero-order chi connectivity index (χ0) is 39.6.